The Labute approximate surface area is 122 Å². The van der Waals surface area contributed by atoms with Crippen molar-refractivity contribution in [3.05, 3.63) is 0 Å². The van der Waals surface area contributed by atoms with Crippen LogP contribution in [0.15, 0.2) is 0 Å². The SMILES string of the molecule is CCOC(=O)CCNCC(O)COC1CCC(C)CC1. The highest BCUT2D eigenvalue weighted by Crippen LogP contribution is 2.25. The van der Waals surface area contributed by atoms with E-state index in [1.54, 1.807) is 6.92 Å². The zero-order valence-corrected chi connectivity index (χ0v) is 12.8. The highest BCUT2D eigenvalue weighted by molar-refractivity contribution is 5.69. The molecular formula is C15H29NO4. The van der Waals surface area contributed by atoms with E-state index in [9.17, 15) is 9.90 Å². The second-order valence-electron chi connectivity index (χ2n) is 5.63. The summed E-state index contributed by atoms with van der Waals surface area (Å²) in [5.74, 6) is 0.603. The van der Waals surface area contributed by atoms with Gasteiger partial charge in [0.1, 0.15) is 0 Å². The summed E-state index contributed by atoms with van der Waals surface area (Å²) < 4.78 is 10.5. The van der Waals surface area contributed by atoms with Gasteiger partial charge < -0.3 is 19.9 Å². The molecule has 0 bridgehead atoms. The van der Waals surface area contributed by atoms with Crippen LogP contribution in [0.1, 0.15) is 46.0 Å². The van der Waals surface area contributed by atoms with Gasteiger partial charge in [-0.15, -0.1) is 0 Å². The van der Waals surface area contributed by atoms with Gasteiger partial charge in [-0.3, -0.25) is 4.79 Å². The number of carbonyl (C=O) groups is 1. The Morgan fingerprint density at radius 2 is 2.05 bits per heavy atom. The van der Waals surface area contributed by atoms with Gasteiger partial charge in [-0.2, -0.15) is 0 Å². The number of rotatable bonds is 9. The first kappa shape index (κ1) is 17.4. The molecule has 0 aliphatic heterocycles. The predicted octanol–water partition coefficient (Wildman–Crippen LogP) is 1.49. The van der Waals surface area contributed by atoms with Gasteiger partial charge in [0.05, 0.1) is 31.8 Å². The fourth-order valence-corrected chi connectivity index (χ4v) is 2.39. The fraction of sp³-hybridized carbons (Fsp3) is 0.933. The lowest BCUT2D eigenvalue weighted by atomic mass is 9.89. The van der Waals surface area contributed by atoms with Crippen molar-refractivity contribution in [3.8, 4) is 0 Å². The first-order valence-corrected chi connectivity index (χ1v) is 7.77. The average molecular weight is 287 g/mol. The van der Waals surface area contributed by atoms with Crippen molar-refractivity contribution in [2.45, 2.75) is 58.2 Å². The fourth-order valence-electron chi connectivity index (χ4n) is 2.39. The van der Waals surface area contributed by atoms with Crippen LogP contribution in [0.3, 0.4) is 0 Å². The molecule has 1 aliphatic carbocycles. The van der Waals surface area contributed by atoms with E-state index < -0.39 is 6.10 Å². The van der Waals surface area contributed by atoms with Gasteiger partial charge in [0.25, 0.3) is 0 Å². The van der Waals surface area contributed by atoms with Crippen LogP contribution in [-0.2, 0) is 14.3 Å². The molecule has 0 amide bonds. The van der Waals surface area contributed by atoms with Crippen molar-refractivity contribution in [1.82, 2.24) is 5.32 Å². The number of aliphatic hydroxyl groups excluding tert-OH is 1. The molecular weight excluding hydrogens is 258 g/mol. The van der Waals surface area contributed by atoms with Gasteiger partial charge in [0.15, 0.2) is 0 Å². The van der Waals surface area contributed by atoms with E-state index in [0.29, 0.717) is 38.8 Å². The lowest BCUT2D eigenvalue weighted by Crippen LogP contribution is -2.34. The minimum Gasteiger partial charge on any atom is -0.466 e. The quantitative estimate of drug-likeness (QED) is 0.497. The third kappa shape index (κ3) is 7.82. The van der Waals surface area contributed by atoms with Crippen molar-refractivity contribution in [3.63, 3.8) is 0 Å². The van der Waals surface area contributed by atoms with Crippen molar-refractivity contribution in [2.24, 2.45) is 5.92 Å². The Balaban J connectivity index is 1.97. The molecule has 1 aliphatic rings. The molecule has 0 radical (unpaired) electrons. The monoisotopic (exact) mass is 287 g/mol. The highest BCUT2D eigenvalue weighted by atomic mass is 16.5. The molecule has 1 atom stereocenters. The smallest absolute Gasteiger partial charge is 0.307 e. The van der Waals surface area contributed by atoms with Crippen LogP contribution >= 0.6 is 0 Å². The Hall–Kier alpha value is -0.650. The van der Waals surface area contributed by atoms with Crippen molar-refractivity contribution in [2.75, 3.05) is 26.3 Å². The molecule has 5 heteroatoms. The van der Waals surface area contributed by atoms with E-state index in [0.717, 1.165) is 18.8 Å². The predicted molar refractivity (Wildman–Crippen MR) is 77.5 cm³/mol. The third-order valence-electron chi connectivity index (χ3n) is 3.68. The number of hydrogen-bond donors (Lipinski definition) is 2. The van der Waals surface area contributed by atoms with E-state index in [-0.39, 0.29) is 5.97 Å². The van der Waals surface area contributed by atoms with Gasteiger partial charge in [-0.25, -0.2) is 0 Å². The minimum absolute atomic E-state index is 0.206. The van der Waals surface area contributed by atoms with Gasteiger partial charge in [0, 0.05) is 13.1 Å². The molecule has 5 nitrogen and oxygen atoms in total. The molecule has 118 valence electrons. The molecule has 1 saturated carbocycles. The summed E-state index contributed by atoms with van der Waals surface area (Å²) in [7, 11) is 0. The van der Waals surface area contributed by atoms with Gasteiger partial charge in [-0.05, 0) is 38.5 Å². The van der Waals surface area contributed by atoms with Gasteiger partial charge in [0.2, 0.25) is 0 Å². The summed E-state index contributed by atoms with van der Waals surface area (Å²) in [4.78, 5) is 11.1. The first-order valence-electron chi connectivity index (χ1n) is 7.77. The lowest BCUT2D eigenvalue weighted by Gasteiger charge is -2.27. The molecule has 0 aromatic rings. The largest absolute Gasteiger partial charge is 0.466 e. The van der Waals surface area contributed by atoms with E-state index in [1.807, 2.05) is 0 Å². The number of carbonyl (C=O) groups excluding carboxylic acids is 1. The number of esters is 1. The third-order valence-corrected chi connectivity index (χ3v) is 3.68. The second-order valence-corrected chi connectivity index (χ2v) is 5.63. The number of ether oxygens (including phenoxy) is 2. The summed E-state index contributed by atoms with van der Waals surface area (Å²) in [5, 5.41) is 12.8. The molecule has 0 heterocycles. The first-order chi connectivity index (χ1) is 9.61. The summed E-state index contributed by atoms with van der Waals surface area (Å²) in [6.45, 7) is 5.82. The maximum atomic E-state index is 11.1. The second kappa shape index (κ2) is 10.1. The van der Waals surface area contributed by atoms with E-state index in [4.69, 9.17) is 9.47 Å². The van der Waals surface area contributed by atoms with Crippen molar-refractivity contribution < 1.29 is 19.4 Å². The highest BCUT2D eigenvalue weighted by Gasteiger charge is 2.19. The number of aliphatic hydroxyl groups is 1. The Morgan fingerprint density at radius 3 is 2.70 bits per heavy atom. The summed E-state index contributed by atoms with van der Waals surface area (Å²) in [5.41, 5.74) is 0. The molecule has 0 spiro atoms. The normalized spacial score (nSPS) is 24.4. The van der Waals surface area contributed by atoms with Crippen LogP contribution in [0.4, 0.5) is 0 Å². The van der Waals surface area contributed by atoms with E-state index in [2.05, 4.69) is 12.2 Å². The van der Waals surface area contributed by atoms with Crippen LogP contribution in [-0.4, -0.2) is 49.6 Å². The molecule has 20 heavy (non-hydrogen) atoms. The maximum absolute atomic E-state index is 11.1. The van der Waals surface area contributed by atoms with Gasteiger partial charge >= 0.3 is 5.97 Å². The van der Waals surface area contributed by atoms with Crippen molar-refractivity contribution >= 4 is 5.97 Å². The molecule has 1 fully saturated rings. The maximum Gasteiger partial charge on any atom is 0.307 e. The molecule has 2 N–H and O–H groups in total. The standard InChI is InChI=1S/C15H29NO4/c1-3-19-15(18)8-9-16-10-13(17)11-20-14-6-4-12(2)5-7-14/h12-14,16-17H,3-11H2,1-2H3. The van der Waals surface area contributed by atoms with Crippen LogP contribution in [0.25, 0.3) is 0 Å². The summed E-state index contributed by atoms with van der Waals surface area (Å²) >= 11 is 0. The molecule has 0 aromatic heterocycles. The molecule has 1 unspecified atom stereocenters. The molecule has 1 rings (SSSR count). The lowest BCUT2D eigenvalue weighted by molar-refractivity contribution is -0.143. The zero-order chi connectivity index (χ0) is 14.8. The Kier molecular flexibility index (Phi) is 8.82. The van der Waals surface area contributed by atoms with E-state index in [1.165, 1.54) is 12.8 Å². The van der Waals surface area contributed by atoms with Crippen LogP contribution in [0, 0.1) is 5.92 Å². The topological polar surface area (TPSA) is 67.8 Å². The van der Waals surface area contributed by atoms with E-state index >= 15 is 0 Å². The molecule has 0 saturated heterocycles. The Morgan fingerprint density at radius 1 is 1.35 bits per heavy atom. The van der Waals surface area contributed by atoms with Crippen LogP contribution < -0.4 is 5.32 Å². The van der Waals surface area contributed by atoms with Crippen LogP contribution in [0.5, 0.6) is 0 Å². The average Bonchev–Trinajstić information content (AvgIpc) is 2.43. The molecule has 0 aromatic carbocycles. The minimum atomic E-state index is -0.517. The van der Waals surface area contributed by atoms with Crippen molar-refractivity contribution in [1.29, 1.82) is 0 Å². The zero-order valence-electron chi connectivity index (χ0n) is 12.8. The van der Waals surface area contributed by atoms with Gasteiger partial charge in [-0.1, -0.05) is 6.92 Å². The van der Waals surface area contributed by atoms with Crippen LogP contribution in [0.2, 0.25) is 0 Å². The summed E-state index contributed by atoms with van der Waals surface area (Å²) in [6, 6.07) is 0. The Bertz CT molecular complexity index is 265. The number of nitrogens with one attached hydrogen (secondary N) is 1. The summed E-state index contributed by atoms with van der Waals surface area (Å²) in [6.07, 6.45) is 4.77. The number of hydrogen-bond acceptors (Lipinski definition) is 5.